The Hall–Kier alpha value is -3.11. The lowest BCUT2D eigenvalue weighted by atomic mass is 10.1. The number of nitro benzene ring substituents is 1. The summed E-state index contributed by atoms with van der Waals surface area (Å²) < 4.78 is 24.3. The van der Waals surface area contributed by atoms with E-state index in [2.05, 4.69) is 10.3 Å². The molecule has 0 radical (unpaired) electrons. The molecule has 156 valence electrons. The zero-order chi connectivity index (χ0) is 21.9. The molecule has 3 aromatic rings. The predicted octanol–water partition coefficient (Wildman–Crippen LogP) is 4.08. The first kappa shape index (κ1) is 21.6. The van der Waals surface area contributed by atoms with Crippen LogP contribution in [0.25, 0.3) is 11.3 Å². The number of nitro groups is 1. The second-order valence-electron chi connectivity index (χ2n) is 6.81. The van der Waals surface area contributed by atoms with Crippen molar-refractivity contribution in [3.05, 3.63) is 69.6 Å². The largest absolute Gasteiger partial charge is 0.302 e. The van der Waals surface area contributed by atoms with E-state index in [0.29, 0.717) is 22.0 Å². The molecule has 0 saturated carbocycles. The number of carbonyl (C=O) groups is 1. The fourth-order valence-electron chi connectivity index (χ4n) is 2.66. The number of aromatic nitrogens is 1. The zero-order valence-corrected chi connectivity index (χ0v) is 17.9. The first-order valence-electron chi connectivity index (χ1n) is 9.00. The summed E-state index contributed by atoms with van der Waals surface area (Å²) in [6.07, 6.45) is 0.0632. The van der Waals surface area contributed by atoms with E-state index >= 15 is 0 Å². The van der Waals surface area contributed by atoms with E-state index in [-0.39, 0.29) is 22.9 Å². The lowest BCUT2D eigenvalue weighted by Gasteiger charge is -2.08. The number of non-ortho nitro benzene ring substituents is 1. The molecule has 0 aliphatic carbocycles. The summed E-state index contributed by atoms with van der Waals surface area (Å²) in [7, 11) is -3.35. The number of benzene rings is 2. The van der Waals surface area contributed by atoms with Gasteiger partial charge in [0.05, 0.1) is 27.2 Å². The van der Waals surface area contributed by atoms with Gasteiger partial charge in [0.15, 0.2) is 15.0 Å². The lowest BCUT2D eigenvalue weighted by Crippen LogP contribution is -2.15. The maximum Gasteiger partial charge on any atom is 0.270 e. The molecule has 0 spiro atoms. The minimum absolute atomic E-state index is 0.0333. The van der Waals surface area contributed by atoms with Crippen LogP contribution in [0.5, 0.6) is 0 Å². The van der Waals surface area contributed by atoms with E-state index in [4.69, 9.17) is 0 Å². The number of anilines is 1. The van der Waals surface area contributed by atoms with Gasteiger partial charge in [-0.25, -0.2) is 13.4 Å². The molecule has 0 aliphatic rings. The molecule has 0 bridgehead atoms. The van der Waals surface area contributed by atoms with Crippen LogP contribution in [0.4, 0.5) is 10.8 Å². The van der Waals surface area contributed by atoms with Crippen LogP contribution in [-0.2, 0) is 21.1 Å². The smallest absolute Gasteiger partial charge is 0.270 e. The summed E-state index contributed by atoms with van der Waals surface area (Å²) in [6.45, 7) is 3.24. The third-order valence-electron chi connectivity index (χ3n) is 4.34. The fourth-order valence-corrected chi connectivity index (χ4v) is 4.46. The summed E-state index contributed by atoms with van der Waals surface area (Å²) >= 11 is 1.21. The van der Waals surface area contributed by atoms with Crippen LogP contribution in [0.1, 0.15) is 19.4 Å². The van der Waals surface area contributed by atoms with Gasteiger partial charge in [0.25, 0.3) is 5.69 Å². The lowest BCUT2D eigenvalue weighted by molar-refractivity contribution is -0.384. The van der Waals surface area contributed by atoms with Gasteiger partial charge in [-0.1, -0.05) is 24.3 Å². The highest BCUT2D eigenvalue weighted by molar-refractivity contribution is 7.92. The van der Waals surface area contributed by atoms with Crippen LogP contribution in [0.3, 0.4) is 0 Å². The Morgan fingerprint density at radius 2 is 1.90 bits per heavy atom. The summed E-state index contributed by atoms with van der Waals surface area (Å²) in [5, 5.41) is 15.2. The molecule has 0 saturated heterocycles. The quantitative estimate of drug-likeness (QED) is 0.432. The number of nitrogens with one attached hydrogen (secondary N) is 1. The Balaban J connectivity index is 1.66. The SMILES string of the molecule is CC(C)S(=O)(=O)c1ccc(CC(=O)Nc2nc(-c3cccc([N+](=O)[O-])c3)cs2)cc1. The molecule has 1 N–H and O–H groups in total. The Morgan fingerprint density at radius 3 is 2.53 bits per heavy atom. The standard InChI is InChI=1S/C20H19N3O5S2/c1-13(2)30(27,28)17-8-6-14(7-9-17)10-19(24)22-20-21-18(12-29-20)15-4-3-5-16(11-15)23(25)26/h3-9,11-13H,10H2,1-2H3,(H,21,22,24). The second kappa shape index (κ2) is 8.72. The molecular weight excluding hydrogens is 426 g/mol. The number of sulfone groups is 1. The zero-order valence-electron chi connectivity index (χ0n) is 16.2. The molecule has 1 aromatic heterocycles. The molecule has 1 amide bonds. The van der Waals surface area contributed by atoms with Crippen LogP contribution in [0.2, 0.25) is 0 Å². The predicted molar refractivity (Wildman–Crippen MR) is 115 cm³/mol. The van der Waals surface area contributed by atoms with E-state index in [1.54, 1.807) is 43.5 Å². The maximum atomic E-state index is 12.3. The van der Waals surface area contributed by atoms with Crippen molar-refractivity contribution in [2.24, 2.45) is 0 Å². The molecule has 0 aliphatic heterocycles. The van der Waals surface area contributed by atoms with Crippen LogP contribution in [0, 0.1) is 10.1 Å². The van der Waals surface area contributed by atoms with Crippen molar-refractivity contribution in [1.82, 2.24) is 4.98 Å². The highest BCUT2D eigenvalue weighted by Gasteiger charge is 2.19. The number of carbonyl (C=O) groups excluding carboxylic acids is 1. The Labute approximate surface area is 177 Å². The molecule has 0 unspecified atom stereocenters. The molecule has 2 aromatic carbocycles. The van der Waals surface area contributed by atoms with E-state index < -0.39 is 20.0 Å². The van der Waals surface area contributed by atoms with E-state index in [1.807, 2.05) is 0 Å². The van der Waals surface area contributed by atoms with Crippen molar-refractivity contribution in [3.63, 3.8) is 0 Å². The molecule has 0 atom stereocenters. The fraction of sp³-hybridized carbons (Fsp3) is 0.200. The van der Waals surface area contributed by atoms with Gasteiger partial charge < -0.3 is 5.32 Å². The topological polar surface area (TPSA) is 119 Å². The second-order valence-corrected chi connectivity index (χ2v) is 10.2. The van der Waals surface area contributed by atoms with Gasteiger partial charge in [0, 0.05) is 23.1 Å². The molecule has 3 rings (SSSR count). The average Bonchev–Trinajstić information content (AvgIpc) is 3.16. The summed E-state index contributed by atoms with van der Waals surface area (Å²) in [5.41, 5.74) is 1.75. The van der Waals surface area contributed by atoms with Crippen LogP contribution in [-0.4, -0.2) is 29.5 Å². The molecule has 1 heterocycles. The minimum Gasteiger partial charge on any atom is -0.302 e. The summed E-state index contributed by atoms with van der Waals surface area (Å²) in [5.74, 6) is -0.297. The minimum atomic E-state index is -3.35. The van der Waals surface area contributed by atoms with Crippen molar-refractivity contribution in [1.29, 1.82) is 0 Å². The van der Waals surface area contributed by atoms with E-state index in [0.717, 1.165) is 0 Å². The van der Waals surface area contributed by atoms with Crippen molar-refractivity contribution >= 4 is 37.9 Å². The van der Waals surface area contributed by atoms with Gasteiger partial charge >= 0.3 is 0 Å². The van der Waals surface area contributed by atoms with Crippen molar-refractivity contribution in [3.8, 4) is 11.3 Å². The van der Waals surface area contributed by atoms with Crippen molar-refractivity contribution < 1.29 is 18.1 Å². The summed E-state index contributed by atoms with van der Waals surface area (Å²) in [4.78, 5) is 27.3. The van der Waals surface area contributed by atoms with Crippen molar-refractivity contribution in [2.75, 3.05) is 5.32 Å². The van der Waals surface area contributed by atoms with Gasteiger partial charge in [-0.2, -0.15) is 0 Å². The van der Waals surface area contributed by atoms with Gasteiger partial charge in [-0.15, -0.1) is 11.3 Å². The third-order valence-corrected chi connectivity index (χ3v) is 7.27. The number of amides is 1. The van der Waals surface area contributed by atoms with Gasteiger partial charge in [-0.3, -0.25) is 14.9 Å². The number of hydrogen-bond acceptors (Lipinski definition) is 7. The highest BCUT2D eigenvalue weighted by atomic mass is 32.2. The van der Waals surface area contributed by atoms with Crippen LogP contribution < -0.4 is 5.32 Å². The Bertz CT molecular complexity index is 1190. The number of thiazole rings is 1. The average molecular weight is 446 g/mol. The normalized spacial score (nSPS) is 11.4. The first-order valence-corrected chi connectivity index (χ1v) is 11.4. The number of rotatable bonds is 7. The Morgan fingerprint density at radius 1 is 1.20 bits per heavy atom. The summed E-state index contributed by atoms with van der Waals surface area (Å²) in [6, 6.07) is 12.3. The van der Waals surface area contributed by atoms with Gasteiger partial charge in [0.2, 0.25) is 5.91 Å². The van der Waals surface area contributed by atoms with Crippen molar-refractivity contribution in [2.45, 2.75) is 30.4 Å². The van der Waals surface area contributed by atoms with Crippen LogP contribution >= 0.6 is 11.3 Å². The molecule has 8 nitrogen and oxygen atoms in total. The molecule has 30 heavy (non-hydrogen) atoms. The van der Waals surface area contributed by atoms with E-state index in [1.165, 1.54) is 35.6 Å². The van der Waals surface area contributed by atoms with E-state index in [9.17, 15) is 23.3 Å². The van der Waals surface area contributed by atoms with Gasteiger partial charge in [-0.05, 0) is 31.5 Å². The van der Waals surface area contributed by atoms with Crippen LogP contribution in [0.15, 0.2) is 58.8 Å². The highest BCUT2D eigenvalue weighted by Crippen LogP contribution is 2.27. The Kier molecular flexibility index (Phi) is 6.28. The number of hydrogen-bond donors (Lipinski definition) is 1. The third kappa shape index (κ3) is 4.89. The molecule has 10 heteroatoms. The number of nitrogens with zero attached hydrogens (tertiary/aromatic N) is 2. The molecular formula is C20H19N3O5S2. The monoisotopic (exact) mass is 445 g/mol. The first-order chi connectivity index (χ1) is 14.2. The molecule has 0 fully saturated rings. The van der Waals surface area contributed by atoms with Gasteiger partial charge in [0.1, 0.15) is 0 Å². The maximum absolute atomic E-state index is 12.3.